The van der Waals surface area contributed by atoms with Crippen LogP contribution in [0.1, 0.15) is 18.4 Å². The van der Waals surface area contributed by atoms with E-state index in [0.717, 1.165) is 12.0 Å². The normalized spacial score (nSPS) is 11.6. The Balaban J connectivity index is 1.86. The highest BCUT2D eigenvalue weighted by Gasteiger charge is 2.21. The first-order valence-corrected chi connectivity index (χ1v) is 8.48. The van der Waals surface area contributed by atoms with E-state index in [1.807, 2.05) is 13.0 Å². The van der Waals surface area contributed by atoms with Crippen LogP contribution in [0.15, 0.2) is 50.3 Å². The Labute approximate surface area is 133 Å². The first-order chi connectivity index (χ1) is 11.0. The van der Waals surface area contributed by atoms with Crippen LogP contribution in [-0.4, -0.2) is 18.6 Å². The number of nitrogens with zero attached hydrogens (tertiary/aromatic N) is 2. The van der Waals surface area contributed by atoms with Crippen molar-refractivity contribution in [1.82, 2.24) is 10.2 Å². The Hall–Kier alpha value is -2.61. The predicted molar refractivity (Wildman–Crippen MR) is 83.4 cm³/mol. The Morgan fingerprint density at radius 3 is 2.65 bits per heavy atom. The summed E-state index contributed by atoms with van der Waals surface area (Å²) in [5.41, 5.74) is 1.52. The van der Waals surface area contributed by atoms with E-state index in [-0.39, 0.29) is 16.7 Å². The molecule has 0 saturated carbocycles. The lowest BCUT2D eigenvalue weighted by Gasteiger charge is -2.06. The van der Waals surface area contributed by atoms with E-state index in [1.54, 1.807) is 25.1 Å². The molecule has 3 rings (SSSR count). The zero-order valence-corrected chi connectivity index (χ0v) is 13.4. The number of aryl methyl sites for hydroxylation is 2. The van der Waals surface area contributed by atoms with Crippen molar-refractivity contribution in [2.24, 2.45) is 0 Å². The lowest BCUT2D eigenvalue weighted by molar-refractivity contribution is 0.439. The van der Waals surface area contributed by atoms with Crippen LogP contribution in [0, 0.1) is 6.92 Å². The number of benzene rings is 1. The van der Waals surface area contributed by atoms with Crippen molar-refractivity contribution < 1.29 is 17.3 Å². The molecule has 0 aliphatic heterocycles. The smallest absolute Gasteiger partial charge is 0.295 e. The molecule has 0 aliphatic rings. The summed E-state index contributed by atoms with van der Waals surface area (Å²) in [6, 6.07) is 10.0. The summed E-state index contributed by atoms with van der Waals surface area (Å²) < 4.78 is 37.8. The maximum absolute atomic E-state index is 12.4. The monoisotopic (exact) mass is 333 g/mol. The Bertz CT molecular complexity index is 928. The molecule has 2 heterocycles. The second kappa shape index (κ2) is 5.88. The van der Waals surface area contributed by atoms with Gasteiger partial charge in [-0.2, -0.15) is 8.42 Å². The zero-order valence-electron chi connectivity index (χ0n) is 12.6. The summed E-state index contributed by atoms with van der Waals surface area (Å²) in [7, 11) is -3.83. The quantitative estimate of drug-likeness (QED) is 0.770. The molecule has 2 aromatic heterocycles. The number of hydrogen-bond donors (Lipinski definition) is 1. The van der Waals surface area contributed by atoms with E-state index < -0.39 is 10.0 Å². The SMILES string of the molecule is CCc1cccc(NS(=O)(=O)c2ccc(-c3nnc(C)o3)o2)c1. The number of anilines is 1. The van der Waals surface area contributed by atoms with Gasteiger partial charge in [-0.3, -0.25) is 4.72 Å². The minimum absolute atomic E-state index is 0.136. The van der Waals surface area contributed by atoms with Gasteiger partial charge in [0.15, 0.2) is 5.76 Å². The average Bonchev–Trinajstić information content (AvgIpc) is 3.16. The van der Waals surface area contributed by atoms with Gasteiger partial charge in [0.05, 0.1) is 0 Å². The molecule has 7 nitrogen and oxygen atoms in total. The lowest BCUT2D eigenvalue weighted by atomic mass is 10.1. The Morgan fingerprint density at radius 2 is 1.96 bits per heavy atom. The van der Waals surface area contributed by atoms with E-state index in [1.165, 1.54) is 12.1 Å². The van der Waals surface area contributed by atoms with E-state index in [9.17, 15) is 8.42 Å². The van der Waals surface area contributed by atoms with Gasteiger partial charge < -0.3 is 8.83 Å². The molecule has 0 aliphatic carbocycles. The predicted octanol–water partition coefficient (Wildman–Crippen LogP) is 3.00. The number of nitrogens with one attached hydrogen (secondary N) is 1. The third kappa shape index (κ3) is 3.26. The maximum Gasteiger partial charge on any atom is 0.295 e. The minimum atomic E-state index is -3.83. The van der Waals surface area contributed by atoms with Gasteiger partial charge in [0.1, 0.15) is 0 Å². The highest BCUT2D eigenvalue weighted by molar-refractivity contribution is 7.92. The molecule has 0 unspecified atom stereocenters. The Kier molecular flexibility index (Phi) is 3.91. The number of aromatic nitrogens is 2. The fourth-order valence-electron chi connectivity index (χ4n) is 2.04. The molecule has 0 spiro atoms. The van der Waals surface area contributed by atoms with E-state index >= 15 is 0 Å². The van der Waals surface area contributed by atoms with Crippen LogP contribution >= 0.6 is 0 Å². The molecular weight excluding hydrogens is 318 g/mol. The molecule has 1 N–H and O–H groups in total. The summed E-state index contributed by atoms with van der Waals surface area (Å²) in [6.07, 6.45) is 0.816. The van der Waals surface area contributed by atoms with Crippen molar-refractivity contribution >= 4 is 15.7 Å². The zero-order chi connectivity index (χ0) is 16.4. The molecule has 0 bridgehead atoms. The second-order valence-electron chi connectivity index (χ2n) is 4.90. The molecule has 23 heavy (non-hydrogen) atoms. The van der Waals surface area contributed by atoms with Gasteiger partial charge in [0.2, 0.25) is 11.0 Å². The standard InChI is InChI=1S/C15H15N3O4S/c1-3-11-5-4-6-12(9-11)18-23(19,20)14-8-7-13(22-14)15-17-16-10(2)21-15/h4-9,18H,3H2,1-2H3. The van der Waals surface area contributed by atoms with Gasteiger partial charge in [0, 0.05) is 12.6 Å². The summed E-state index contributed by atoms with van der Waals surface area (Å²) in [4.78, 5) is 0. The molecule has 0 saturated heterocycles. The third-order valence-corrected chi connectivity index (χ3v) is 4.42. The van der Waals surface area contributed by atoms with Crippen molar-refractivity contribution in [1.29, 1.82) is 0 Å². The van der Waals surface area contributed by atoms with Gasteiger partial charge in [-0.15, -0.1) is 10.2 Å². The number of rotatable bonds is 5. The largest absolute Gasteiger partial charge is 0.438 e. The maximum atomic E-state index is 12.4. The van der Waals surface area contributed by atoms with Crippen LogP contribution in [-0.2, 0) is 16.4 Å². The minimum Gasteiger partial charge on any atom is -0.438 e. The molecule has 120 valence electrons. The van der Waals surface area contributed by atoms with E-state index in [4.69, 9.17) is 8.83 Å². The molecule has 0 atom stereocenters. The van der Waals surface area contributed by atoms with Crippen molar-refractivity contribution in [3.05, 3.63) is 47.9 Å². The first kappa shape index (κ1) is 15.3. The van der Waals surface area contributed by atoms with E-state index in [2.05, 4.69) is 14.9 Å². The van der Waals surface area contributed by atoms with Crippen LogP contribution in [0.4, 0.5) is 5.69 Å². The highest BCUT2D eigenvalue weighted by atomic mass is 32.2. The van der Waals surface area contributed by atoms with Crippen LogP contribution in [0.3, 0.4) is 0 Å². The van der Waals surface area contributed by atoms with E-state index in [0.29, 0.717) is 11.6 Å². The van der Waals surface area contributed by atoms with Crippen molar-refractivity contribution in [3.8, 4) is 11.7 Å². The molecule has 8 heteroatoms. The van der Waals surface area contributed by atoms with Gasteiger partial charge in [-0.25, -0.2) is 0 Å². The first-order valence-electron chi connectivity index (χ1n) is 7.00. The number of hydrogen-bond acceptors (Lipinski definition) is 6. The third-order valence-electron chi connectivity index (χ3n) is 3.17. The van der Waals surface area contributed by atoms with Gasteiger partial charge in [-0.05, 0) is 36.2 Å². The van der Waals surface area contributed by atoms with Crippen molar-refractivity contribution in [3.63, 3.8) is 0 Å². The average molecular weight is 333 g/mol. The van der Waals surface area contributed by atoms with Gasteiger partial charge in [0.25, 0.3) is 15.9 Å². The summed E-state index contributed by atoms with van der Waals surface area (Å²) in [5, 5.41) is 7.25. The summed E-state index contributed by atoms with van der Waals surface area (Å²) in [5.74, 6) is 0.709. The Morgan fingerprint density at radius 1 is 1.13 bits per heavy atom. The number of sulfonamides is 1. The van der Waals surface area contributed by atoms with Crippen molar-refractivity contribution in [2.45, 2.75) is 25.4 Å². The molecule has 3 aromatic rings. The number of furan rings is 1. The lowest BCUT2D eigenvalue weighted by Crippen LogP contribution is -2.12. The molecule has 1 aromatic carbocycles. The van der Waals surface area contributed by atoms with Crippen LogP contribution in [0.2, 0.25) is 0 Å². The topological polar surface area (TPSA) is 98.2 Å². The van der Waals surface area contributed by atoms with Crippen LogP contribution in [0.5, 0.6) is 0 Å². The second-order valence-corrected chi connectivity index (χ2v) is 6.52. The van der Waals surface area contributed by atoms with Gasteiger partial charge >= 0.3 is 0 Å². The molecular formula is C15H15N3O4S. The molecule has 0 radical (unpaired) electrons. The van der Waals surface area contributed by atoms with Gasteiger partial charge in [-0.1, -0.05) is 19.1 Å². The fraction of sp³-hybridized carbons (Fsp3) is 0.200. The van der Waals surface area contributed by atoms with Crippen molar-refractivity contribution in [2.75, 3.05) is 4.72 Å². The summed E-state index contributed by atoms with van der Waals surface area (Å²) >= 11 is 0. The van der Waals surface area contributed by atoms with Crippen LogP contribution < -0.4 is 4.72 Å². The summed E-state index contributed by atoms with van der Waals surface area (Å²) in [6.45, 7) is 3.64. The highest BCUT2D eigenvalue weighted by Crippen LogP contribution is 2.25. The van der Waals surface area contributed by atoms with Crippen LogP contribution in [0.25, 0.3) is 11.7 Å². The fourth-order valence-corrected chi connectivity index (χ4v) is 3.02. The molecule has 0 amide bonds. The molecule has 0 fully saturated rings.